The fourth-order valence-electron chi connectivity index (χ4n) is 2.29. The topological polar surface area (TPSA) is 48.2 Å². The first-order chi connectivity index (χ1) is 9.25. The highest BCUT2D eigenvalue weighted by atomic mass is 16.5. The third-order valence-corrected chi connectivity index (χ3v) is 3.42. The zero-order chi connectivity index (χ0) is 13.2. The Morgan fingerprint density at radius 2 is 2.05 bits per heavy atom. The second-order valence-electron chi connectivity index (χ2n) is 4.72. The van der Waals surface area contributed by atoms with E-state index < -0.39 is 0 Å². The Labute approximate surface area is 111 Å². The van der Waals surface area contributed by atoms with E-state index in [9.17, 15) is 4.79 Å². The molecule has 0 bridgehead atoms. The molecule has 0 amide bonds. The van der Waals surface area contributed by atoms with Crippen molar-refractivity contribution in [1.29, 1.82) is 0 Å². The van der Waals surface area contributed by atoms with Crippen molar-refractivity contribution >= 4 is 0 Å². The predicted octanol–water partition coefficient (Wildman–Crippen LogP) is 0.837. The first-order valence-electron chi connectivity index (χ1n) is 6.42. The molecule has 1 aromatic carbocycles. The zero-order valence-electron chi connectivity index (χ0n) is 10.9. The van der Waals surface area contributed by atoms with Gasteiger partial charge in [0.15, 0.2) is 0 Å². The predicted molar refractivity (Wildman–Crippen MR) is 72.6 cm³/mol. The van der Waals surface area contributed by atoms with Crippen LogP contribution in [0.2, 0.25) is 0 Å². The minimum Gasteiger partial charge on any atom is -0.371 e. The number of hydrogen-bond acceptors (Lipinski definition) is 3. The number of hydrogen-bond donors (Lipinski definition) is 1. The third kappa shape index (κ3) is 2.34. The molecule has 1 unspecified atom stereocenters. The van der Waals surface area contributed by atoms with E-state index in [-0.39, 0.29) is 11.8 Å². The van der Waals surface area contributed by atoms with Crippen molar-refractivity contribution < 1.29 is 4.74 Å². The van der Waals surface area contributed by atoms with E-state index in [2.05, 4.69) is 5.32 Å². The van der Waals surface area contributed by atoms with Crippen molar-refractivity contribution in [1.82, 2.24) is 14.5 Å². The van der Waals surface area contributed by atoms with Crippen molar-refractivity contribution in [3.63, 3.8) is 0 Å². The van der Waals surface area contributed by atoms with Crippen LogP contribution in [0.5, 0.6) is 0 Å². The molecule has 1 atom stereocenters. The van der Waals surface area contributed by atoms with Gasteiger partial charge in [0, 0.05) is 32.5 Å². The van der Waals surface area contributed by atoms with Crippen LogP contribution in [0.3, 0.4) is 0 Å². The molecule has 1 fully saturated rings. The van der Waals surface area contributed by atoms with Crippen molar-refractivity contribution in [3.05, 3.63) is 52.7 Å². The molecule has 0 spiro atoms. The monoisotopic (exact) mass is 259 g/mol. The Hall–Kier alpha value is -1.85. The van der Waals surface area contributed by atoms with Gasteiger partial charge in [-0.05, 0) is 17.7 Å². The van der Waals surface area contributed by atoms with E-state index in [4.69, 9.17) is 4.74 Å². The normalized spacial score (nSPS) is 19.5. The summed E-state index contributed by atoms with van der Waals surface area (Å²) in [4.78, 5) is 11.8. The molecule has 0 aliphatic carbocycles. The molecule has 0 saturated carbocycles. The highest BCUT2D eigenvalue weighted by Gasteiger charge is 2.15. The maximum atomic E-state index is 11.8. The fraction of sp³-hybridized carbons (Fsp3) is 0.357. The van der Waals surface area contributed by atoms with Gasteiger partial charge in [-0.1, -0.05) is 12.1 Å². The van der Waals surface area contributed by atoms with Gasteiger partial charge in [-0.3, -0.25) is 4.57 Å². The second-order valence-corrected chi connectivity index (χ2v) is 4.72. The van der Waals surface area contributed by atoms with Crippen LogP contribution in [0.1, 0.15) is 11.7 Å². The van der Waals surface area contributed by atoms with Crippen LogP contribution < -0.4 is 11.0 Å². The van der Waals surface area contributed by atoms with E-state index in [0.29, 0.717) is 0 Å². The third-order valence-electron chi connectivity index (χ3n) is 3.42. The van der Waals surface area contributed by atoms with Gasteiger partial charge >= 0.3 is 5.69 Å². The molecule has 2 aromatic rings. The summed E-state index contributed by atoms with van der Waals surface area (Å²) in [6.07, 6.45) is 3.63. The van der Waals surface area contributed by atoms with Crippen LogP contribution in [0.4, 0.5) is 0 Å². The lowest BCUT2D eigenvalue weighted by Gasteiger charge is -2.24. The summed E-state index contributed by atoms with van der Waals surface area (Å²) < 4.78 is 8.89. The van der Waals surface area contributed by atoms with Crippen LogP contribution in [0.25, 0.3) is 5.69 Å². The Bertz CT molecular complexity index is 606. The number of benzene rings is 1. The molecule has 5 heteroatoms. The minimum absolute atomic E-state index is 0.0386. The van der Waals surface area contributed by atoms with E-state index in [1.54, 1.807) is 28.6 Å². The van der Waals surface area contributed by atoms with E-state index in [1.807, 2.05) is 24.3 Å². The van der Waals surface area contributed by atoms with Crippen LogP contribution in [0, 0.1) is 0 Å². The van der Waals surface area contributed by atoms with Crippen molar-refractivity contribution in [2.45, 2.75) is 6.10 Å². The molecule has 1 N–H and O–H groups in total. The number of morpholine rings is 1. The average Bonchev–Trinajstić information content (AvgIpc) is 2.80. The lowest BCUT2D eigenvalue weighted by molar-refractivity contribution is 0.0277. The van der Waals surface area contributed by atoms with Crippen LogP contribution in [-0.2, 0) is 11.8 Å². The summed E-state index contributed by atoms with van der Waals surface area (Å²) in [7, 11) is 1.74. The first kappa shape index (κ1) is 12.2. The molecule has 5 nitrogen and oxygen atoms in total. The van der Waals surface area contributed by atoms with Crippen LogP contribution in [-0.4, -0.2) is 28.8 Å². The largest absolute Gasteiger partial charge is 0.371 e. The highest BCUT2D eigenvalue weighted by molar-refractivity contribution is 5.35. The van der Waals surface area contributed by atoms with E-state index in [1.165, 1.54) is 0 Å². The Morgan fingerprint density at radius 1 is 1.26 bits per heavy atom. The van der Waals surface area contributed by atoms with Crippen molar-refractivity contribution in [2.24, 2.45) is 7.05 Å². The Balaban J connectivity index is 1.86. The smallest absolute Gasteiger partial charge is 0.332 e. The maximum Gasteiger partial charge on any atom is 0.332 e. The number of aromatic nitrogens is 2. The van der Waals surface area contributed by atoms with Crippen LogP contribution in [0.15, 0.2) is 41.5 Å². The molecule has 1 aliphatic heterocycles. The number of imidazole rings is 1. The second kappa shape index (κ2) is 5.03. The van der Waals surface area contributed by atoms with Gasteiger partial charge in [0.2, 0.25) is 0 Å². The molecule has 1 aromatic heterocycles. The summed E-state index contributed by atoms with van der Waals surface area (Å²) in [5.74, 6) is 0. The summed E-state index contributed by atoms with van der Waals surface area (Å²) in [5, 5.41) is 3.31. The molecule has 2 heterocycles. The standard InChI is InChI=1S/C14H17N3O2/c1-16-7-8-17(14(16)18)12-4-2-11(3-5-12)13-10-15-6-9-19-13/h2-5,7-8,13,15H,6,9-10H2,1H3. The minimum atomic E-state index is -0.0386. The van der Waals surface area contributed by atoms with Crippen molar-refractivity contribution in [2.75, 3.05) is 19.7 Å². The van der Waals surface area contributed by atoms with E-state index in [0.717, 1.165) is 30.9 Å². The fourth-order valence-corrected chi connectivity index (χ4v) is 2.29. The number of ether oxygens (including phenoxy) is 1. The molecular formula is C14H17N3O2. The molecule has 100 valence electrons. The first-order valence-corrected chi connectivity index (χ1v) is 6.42. The molecular weight excluding hydrogens is 242 g/mol. The van der Waals surface area contributed by atoms with Gasteiger partial charge in [0.25, 0.3) is 0 Å². The summed E-state index contributed by atoms with van der Waals surface area (Å²) >= 11 is 0. The number of rotatable bonds is 2. The Kier molecular flexibility index (Phi) is 3.23. The molecule has 3 rings (SSSR count). The maximum absolute atomic E-state index is 11.8. The molecule has 19 heavy (non-hydrogen) atoms. The van der Waals surface area contributed by atoms with Gasteiger partial charge in [-0.15, -0.1) is 0 Å². The average molecular weight is 259 g/mol. The van der Waals surface area contributed by atoms with Crippen LogP contribution >= 0.6 is 0 Å². The summed E-state index contributed by atoms with van der Waals surface area (Å²) in [6.45, 7) is 2.49. The van der Waals surface area contributed by atoms with E-state index >= 15 is 0 Å². The molecule has 1 saturated heterocycles. The zero-order valence-corrected chi connectivity index (χ0v) is 10.9. The van der Waals surface area contributed by atoms with Gasteiger partial charge < -0.3 is 14.6 Å². The molecule has 0 radical (unpaired) electrons. The van der Waals surface area contributed by atoms with Gasteiger partial charge in [-0.25, -0.2) is 4.79 Å². The quantitative estimate of drug-likeness (QED) is 0.869. The lowest BCUT2D eigenvalue weighted by Crippen LogP contribution is -2.33. The van der Waals surface area contributed by atoms with Gasteiger partial charge in [-0.2, -0.15) is 0 Å². The number of nitrogens with one attached hydrogen (secondary N) is 1. The van der Waals surface area contributed by atoms with Crippen molar-refractivity contribution in [3.8, 4) is 5.69 Å². The number of aryl methyl sites for hydroxylation is 1. The lowest BCUT2D eigenvalue weighted by atomic mass is 10.1. The number of nitrogens with zero attached hydrogens (tertiary/aromatic N) is 2. The Morgan fingerprint density at radius 3 is 2.63 bits per heavy atom. The van der Waals surface area contributed by atoms with Gasteiger partial charge in [0.05, 0.1) is 18.4 Å². The molecule has 1 aliphatic rings. The highest BCUT2D eigenvalue weighted by Crippen LogP contribution is 2.19. The summed E-state index contributed by atoms with van der Waals surface area (Å²) in [6, 6.07) is 7.95. The van der Waals surface area contributed by atoms with Gasteiger partial charge in [0.1, 0.15) is 0 Å². The summed E-state index contributed by atoms with van der Waals surface area (Å²) in [5.41, 5.74) is 1.97. The SMILES string of the molecule is Cn1ccn(-c2ccc(C3CNCCO3)cc2)c1=O.